The van der Waals surface area contributed by atoms with Gasteiger partial charge in [-0.05, 0) is 43.7 Å². The summed E-state index contributed by atoms with van der Waals surface area (Å²) < 4.78 is 12.5. The highest BCUT2D eigenvalue weighted by Gasteiger charge is 2.31. The van der Waals surface area contributed by atoms with E-state index in [1.54, 1.807) is 38.4 Å². The van der Waals surface area contributed by atoms with E-state index in [1.165, 1.54) is 27.7 Å². The van der Waals surface area contributed by atoms with Crippen LogP contribution in [0.4, 0.5) is 5.69 Å². The molecule has 1 N–H and O–H groups in total. The van der Waals surface area contributed by atoms with E-state index in [2.05, 4.69) is 10.3 Å². The van der Waals surface area contributed by atoms with Crippen LogP contribution in [0.2, 0.25) is 0 Å². The van der Waals surface area contributed by atoms with Crippen LogP contribution in [0.1, 0.15) is 24.3 Å². The molecule has 4 rings (SSSR count). The van der Waals surface area contributed by atoms with Crippen molar-refractivity contribution < 1.29 is 14.3 Å². The lowest BCUT2D eigenvalue weighted by atomic mass is 9.94. The number of methoxy groups -OCH3 is 1. The number of rotatable bonds is 5. The number of hydrogen-bond donors (Lipinski definition) is 1. The van der Waals surface area contributed by atoms with Gasteiger partial charge in [0, 0.05) is 24.0 Å². The molecule has 1 aliphatic rings. The Morgan fingerprint density at radius 2 is 2.10 bits per heavy atom. The number of carbonyl (C=O) groups excluding carboxylic acids is 1. The molecule has 7 nitrogen and oxygen atoms in total. The van der Waals surface area contributed by atoms with E-state index in [1.807, 2.05) is 13.8 Å². The number of aromatic nitrogens is 2. The number of nitrogens with one attached hydrogen (secondary N) is 1. The Hall–Kier alpha value is -2.36. The molecular weight excluding hydrogens is 422 g/mol. The summed E-state index contributed by atoms with van der Waals surface area (Å²) in [6.45, 7) is 4.56. The van der Waals surface area contributed by atoms with E-state index in [9.17, 15) is 9.59 Å². The predicted octanol–water partition coefficient (Wildman–Crippen LogP) is 3.59. The fraction of sp³-hybridized carbons (Fsp3) is 0.381. The number of nitrogens with zero attached hydrogens (tertiary/aromatic N) is 2. The van der Waals surface area contributed by atoms with Crippen molar-refractivity contribution in [1.82, 2.24) is 9.55 Å². The van der Waals surface area contributed by atoms with Gasteiger partial charge in [0.25, 0.3) is 5.56 Å². The summed E-state index contributed by atoms with van der Waals surface area (Å²) in [5.41, 5.74) is 1.37. The molecule has 0 aliphatic carbocycles. The Bertz CT molecular complexity index is 1170. The molecule has 3 aromatic rings. The molecule has 2 aromatic heterocycles. The smallest absolute Gasteiger partial charge is 0.262 e. The molecule has 0 saturated heterocycles. The third-order valence-corrected chi connectivity index (χ3v) is 7.11. The lowest BCUT2D eigenvalue weighted by Gasteiger charge is -2.29. The maximum absolute atomic E-state index is 13.1. The lowest BCUT2D eigenvalue weighted by Crippen LogP contribution is -2.32. The largest absolute Gasteiger partial charge is 0.497 e. The molecule has 0 spiro atoms. The van der Waals surface area contributed by atoms with Crippen LogP contribution in [-0.4, -0.2) is 33.9 Å². The fourth-order valence-electron chi connectivity index (χ4n) is 3.39. The minimum Gasteiger partial charge on any atom is -0.497 e. The Morgan fingerprint density at radius 3 is 2.80 bits per heavy atom. The minimum atomic E-state index is -0.293. The molecule has 0 unspecified atom stereocenters. The Balaban J connectivity index is 1.52. The zero-order chi connectivity index (χ0) is 21.5. The topological polar surface area (TPSA) is 82.5 Å². The molecule has 0 atom stereocenters. The Labute approximate surface area is 182 Å². The van der Waals surface area contributed by atoms with Crippen molar-refractivity contribution in [3.63, 3.8) is 0 Å². The zero-order valence-corrected chi connectivity index (χ0v) is 18.9. The third-order valence-electron chi connectivity index (χ3n) is 4.98. The number of benzene rings is 1. The van der Waals surface area contributed by atoms with Gasteiger partial charge in [0.15, 0.2) is 5.16 Å². The molecule has 3 heterocycles. The number of carbonyl (C=O) groups is 1. The first-order valence-corrected chi connectivity index (χ1v) is 11.3. The second kappa shape index (κ2) is 8.05. The van der Waals surface area contributed by atoms with Gasteiger partial charge in [-0.25, -0.2) is 4.98 Å². The van der Waals surface area contributed by atoms with Crippen molar-refractivity contribution in [1.29, 1.82) is 0 Å². The molecule has 0 fully saturated rings. The second-order valence-electron chi connectivity index (χ2n) is 7.73. The van der Waals surface area contributed by atoms with Gasteiger partial charge in [-0.15, -0.1) is 11.3 Å². The number of fused-ring (bicyclic) bond motifs is 3. The minimum absolute atomic E-state index is 0.0757. The highest BCUT2D eigenvalue weighted by Crippen LogP contribution is 2.37. The normalized spacial score (nSPS) is 15.1. The number of thioether (sulfide) groups is 1. The van der Waals surface area contributed by atoms with E-state index >= 15 is 0 Å². The Kier molecular flexibility index (Phi) is 5.61. The van der Waals surface area contributed by atoms with Crippen molar-refractivity contribution in [3.8, 4) is 5.75 Å². The van der Waals surface area contributed by atoms with Crippen molar-refractivity contribution in [2.75, 3.05) is 18.2 Å². The number of ether oxygens (including phenoxy) is 2. The van der Waals surface area contributed by atoms with Crippen LogP contribution in [0.25, 0.3) is 10.2 Å². The van der Waals surface area contributed by atoms with E-state index in [-0.39, 0.29) is 22.8 Å². The highest BCUT2D eigenvalue weighted by molar-refractivity contribution is 7.99. The van der Waals surface area contributed by atoms with Crippen LogP contribution < -0.4 is 15.6 Å². The summed E-state index contributed by atoms with van der Waals surface area (Å²) in [4.78, 5) is 31.8. The third kappa shape index (κ3) is 4.10. The summed E-state index contributed by atoms with van der Waals surface area (Å²) >= 11 is 2.75. The van der Waals surface area contributed by atoms with Gasteiger partial charge in [-0.1, -0.05) is 11.8 Å². The first-order valence-electron chi connectivity index (χ1n) is 9.49. The van der Waals surface area contributed by atoms with Gasteiger partial charge in [0.05, 0.1) is 30.5 Å². The van der Waals surface area contributed by atoms with Gasteiger partial charge < -0.3 is 14.8 Å². The summed E-state index contributed by atoms with van der Waals surface area (Å²) in [6.07, 6.45) is 0.690. The first-order chi connectivity index (χ1) is 14.3. The average Bonchev–Trinajstić information content (AvgIpc) is 3.06. The van der Waals surface area contributed by atoms with Crippen LogP contribution in [-0.2, 0) is 29.6 Å². The van der Waals surface area contributed by atoms with Crippen molar-refractivity contribution in [3.05, 3.63) is 45.1 Å². The van der Waals surface area contributed by atoms with E-state index in [0.717, 1.165) is 16.2 Å². The number of anilines is 1. The summed E-state index contributed by atoms with van der Waals surface area (Å²) in [7, 11) is 3.29. The van der Waals surface area contributed by atoms with Crippen molar-refractivity contribution in [2.24, 2.45) is 7.05 Å². The van der Waals surface area contributed by atoms with E-state index in [4.69, 9.17) is 9.47 Å². The predicted molar refractivity (Wildman–Crippen MR) is 120 cm³/mol. The van der Waals surface area contributed by atoms with Crippen molar-refractivity contribution in [2.45, 2.75) is 37.6 Å². The molecule has 0 saturated carbocycles. The molecule has 30 heavy (non-hydrogen) atoms. The highest BCUT2D eigenvalue weighted by atomic mass is 32.2. The fourth-order valence-corrected chi connectivity index (χ4v) is 5.30. The quantitative estimate of drug-likeness (QED) is 0.477. The van der Waals surface area contributed by atoms with Gasteiger partial charge >= 0.3 is 0 Å². The maximum atomic E-state index is 13.1. The van der Waals surface area contributed by atoms with Crippen LogP contribution in [0.5, 0.6) is 5.75 Å². The first kappa shape index (κ1) is 20.9. The number of thiophene rings is 1. The van der Waals surface area contributed by atoms with Gasteiger partial charge in [-0.2, -0.15) is 0 Å². The summed E-state index contributed by atoms with van der Waals surface area (Å²) in [6, 6.07) is 7.12. The molecule has 1 amide bonds. The lowest BCUT2D eigenvalue weighted by molar-refractivity contribution is -0.113. The number of amides is 1. The second-order valence-corrected chi connectivity index (χ2v) is 9.76. The van der Waals surface area contributed by atoms with Gasteiger partial charge in [0.1, 0.15) is 10.6 Å². The summed E-state index contributed by atoms with van der Waals surface area (Å²) in [5, 5.41) is 4.04. The van der Waals surface area contributed by atoms with Crippen LogP contribution in [0, 0.1) is 0 Å². The molecule has 0 radical (unpaired) electrons. The van der Waals surface area contributed by atoms with E-state index in [0.29, 0.717) is 34.1 Å². The van der Waals surface area contributed by atoms with Gasteiger partial charge in [-0.3, -0.25) is 14.2 Å². The molecule has 0 bridgehead atoms. The molecule has 1 aliphatic heterocycles. The maximum Gasteiger partial charge on any atom is 0.262 e. The van der Waals surface area contributed by atoms with Gasteiger partial charge in [0.2, 0.25) is 5.91 Å². The average molecular weight is 446 g/mol. The Morgan fingerprint density at radius 1 is 1.37 bits per heavy atom. The molecular formula is C21H23N3O4S2. The molecule has 158 valence electrons. The molecule has 1 aromatic carbocycles. The standard InChI is InChI=1S/C21H23N3O4S2/c1-21(2)9-14-15(10-28-21)30-18-17(14)19(26)24(3)20(23-18)29-11-16(25)22-12-5-7-13(27-4)8-6-12/h5-8H,9-11H2,1-4H3,(H,22,25). The summed E-state index contributed by atoms with van der Waals surface area (Å²) in [5.74, 6) is 0.710. The molecule has 9 heteroatoms. The number of hydrogen-bond acceptors (Lipinski definition) is 7. The van der Waals surface area contributed by atoms with Crippen LogP contribution in [0.15, 0.2) is 34.2 Å². The van der Waals surface area contributed by atoms with Crippen molar-refractivity contribution >= 4 is 44.9 Å². The van der Waals surface area contributed by atoms with E-state index < -0.39 is 0 Å². The zero-order valence-electron chi connectivity index (χ0n) is 17.3. The SMILES string of the molecule is COc1ccc(NC(=O)CSc2nc3sc4c(c3c(=O)n2C)CC(C)(C)OC4)cc1. The van der Waals surface area contributed by atoms with Crippen LogP contribution in [0.3, 0.4) is 0 Å². The monoisotopic (exact) mass is 445 g/mol. The van der Waals surface area contributed by atoms with Crippen LogP contribution >= 0.6 is 23.1 Å².